The van der Waals surface area contributed by atoms with Gasteiger partial charge in [0.05, 0.1) is 0 Å². The molecule has 20 heavy (non-hydrogen) atoms. The molecule has 1 aliphatic carbocycles. The summed E-state index contributed by atoms with van der Waals surface area (Å²) in [6.07, 6.45) is 2.68. The van der Waals surface area contributed by atoms with Gasteiger partial charge in [0.25, 0.3) is 5.78 Å². The monoisotopic (exact) mass is 265 g/mol. The Kier molecular flexibility index (Phi) is 2.45. The lowest BCUT2D eigenvalue weighted by Gasteiger charge is -2.30. The molecule has 0 radical (unpaired) electrons. The first-order chi connectivity index (χ1) is 9.81. The Morgan fingerprint density at radius 3 is 3.15 bits per heavy atom. The summed E-state index contributed by atoms with van der Waals surface area (Å²) in [5, 5.41) is 7.68. The van der Waals surface area contributed by atoms with Gasteiger partial charge >= 0.3 is 0 Å². The number of anilines is 1. The summed E-state index contributed by atoms with van der Waals surface area (Å²) in [6, 6.07) is 10.6. The van der Waals surface area contributed by atoms with Gasteiger partial charge in [0.1, 0.15) is 12.1 Å². The highest BCUT2D eigenvalue weighted by atomic mass is 15.3. The van der Waals surface area contributed by atoms with E-state index in [1.807, 2.05) is 13.0 Å². The quantitative estimate of drug-likeness (QED) is 0.788. The molecule has 3 aromatic rings. The van der Waals surface area contributed by atoms with Crippen molar-refractivity contribution in [3.8, 4) is 0 Å². The van der Waals surface area contributed by atoms with Crippen molar-refractivity contribution in [2.24, 2.45) is 0 Å². The van der Waals surface area contributed by atoms with Gasteiger partial charge in [0, 0.05) is 24.2 Å². The Morgan fingerprint density at radius 2 is 2.25 bits per heavy atom. The molecule has 5 heteroatoms. The molecule has 0 amide bonds. The van der Waals surface area contributed by atoms with Gasteiger partial charge in [0.15, 0.2) is 0 Å². The normalized spacial score (nSPS) is 16.8. The van der Waals surface area contributed by atoms with Crippen LogP contribution in [0.4, 0.5) is 5.82 Å². The fourth-order valence-electron chi connectivity index (χ4n) is 2.83. The van der Waals surface area contributed by atoms with Crippen molar-refractivity contribution < 1.29 is 0 Å². The van der Waals surface area contributed by atoms with Crippen LogP contribution in [-0.4, -0.2) is 26.1 Å². The summed E-state index contributed by atoms with van der Waals surface area (Å²) in [6.45, 7) is 2.88. The SMILES string of the molecule is Cc1cc(NCC2Cc3ccccc32)n2ncnc2n1. The van der Waals surface area contributed by atoms with E-state index in [4.69, 9.17) is 0 Å². The maximum atomic E-state index is 4.34. The molecular weight excluding hydrogens is 250 g/mol. The number of aryl methyl sites for hydroxylation is 1. The molecule has 0 saturated carbocycles. The fraction of sp³-hybridized carbons (Fsp3) is 0.267. The maximum Gasteiger partial charge on any atom is 0.254 e. The van der Waals surface area contributed by atoms with E-state index in [1.54, 1.807) is 4.52 Å². The molecular formula is C15H15N5. The summed E-state index contributed by atoms with van der Waals surface area (Å²) in [5.41, 5.74) is 3.87. The van der Waals surface area contributed by atoms with Crippen LogP contribution in [0.2, 0.25) is 0 Å². The second kappa shape index (κ2) is 4.30. The molecule has 0 bridgehead atoms. The molecule has 0 saturated heterocycles. The lowest BCUT2D eigenvalue weighted by Crippen LogP contribution is -2.25. The van der Waals surface area contributed by atoms with Crippen molar-refractivity contribution in [3.05, 3.63) is 53.5 Å². The molecule has 2 heterocycles. The molecule has 0 fully saturated rings. The van der Waals surface area contributed by atoms with Gasteiger partial charge in [-0.3, -0.25) is 0 Å². The molecule has 100 valence electrons. The molecule has 5 nitrogen and oxygen atoms in total. The van der Waals surface area contributed by atoms with Crippen LogP contribution in [0.3, 0.4) is 0 Å². The zero-order chi connectivity index (χ0) is 13.5. The van der Waals surface area contributed by atoms with Crippen molar-refractivity contribution in [2.75, 3.05) is 11.9 Å². The Balaban J connectivity index is 1.56. The molecule has 1 atom stereocenters. The fourth-order valence-corrected chi connectivity index (χ4v) is 2.83. The lowest BCUT2D eigenvalue weighted by molar-refractivity contribution is 0.633. The first-order valence-corrected chi connectivity index (χ1v) is 6.80. The minimum Gasteiger partial charge on any atom is -0.369 e. The third kappa shape index (κ3) is 1.74. The molecule has 2 aromatic heterocycles. The number of aromatic nitrogens is 4. The summed E-state index contributed by atoms with van der Waals surface area (Å²) < 4.78 is 1.75. The average molecular weight is 265 g/mol. The van der Waals surface area contributed by atoms with Crippen LogP contribution in [0.1, 0.15) is 22.7 Å². The Hall–Kier alpha value is -2.43. The lowest BCUT2D eigenvalue weighted by atomic mass is 9.77. The van der Waals surface area contributed by atoms with Crippen molar-refractivity contribution in [2.45, 2.75) is 19.3 Å². The van der Waals surface area contributed by atoms with Crippen molar-refractivity contribution in [1.82, 2.24) is 19.6 Å². The van der Waals surface area contributed by atoms with Gasteiger partial charge in [-0.05, 0) is 24.5 Å². The largest absolute Gasteiger partial charge is 0.369 e. The summed E-state index contributed by atoms with van der Waals surface area (Å²) in [7, 11) is 0. The minimum atomic E-state index is 0.582. The highest BCUT2D eigenvalue weighted by Gasteiger charge is 2.25. The van der Waals surface area contributed by atoms with Crippen LogP contribution in [0.25, 0.3) is 5.78 Å². The van der Waals surface area contributed by atoms with Gasteiger partial charge in [-0.2, -0.15) is 14.6 Å². The van der Waals surface area contributed by atoms with Gasteiger partial charge in [-0.25, -0.2) is 4.98 Å². The van der Waals surface area contributed by atoms with Crippen LogP contribution in [0.15, 0.2) is 36.7 Å². The number of fused-ring (bicyclic) bond motifs is 2. The molecule has 0 aliphatic heterocycles. The first kappa shape index (κ1) is 11.4. The van der Waals surface area contributed by atoms with E-state index in [0.717, 1.165) is 24.5 Å². The highest BCUT2D eigenvalue weighted by molar-refractivity contribution is 5.47. The van der Waals surface area contributed by atoms with Crippen LogP contribution >= 0.6 is 0 Å². The number of nitrogens with zero attached hydrogens (tertiary/aromatic N) is 4. The van der Waals surface area contributed by atoms with Crippen molar-refractivity contribution >= 4 is 11.6 Å². The highest BCUT2D eigenvalue weighted by Crippen LogP contribution is 2.34. The van der Waals surface area contributed by atoms with E-state index in [9.17, 15) is 0 Å². The van der Waals surface area contributed by atoms with Gasteiger partial charge < -0.3 is 5.32 Å². The third-order valence-electron chi connectivity index (χ3n) is 3.87. The van der Waals surface area contributed by atoms with Gasteiger partial charge in [-0.1, -0.05) is 24.3 Å². The predicted octanol–water partition coefficient (Wildman–Crippen LogP) is 2.18. The molecule has 1 aliphatic rings. The predicted molar refractivity (Wildman–Crippen MR) is 76.9 cm³/mol. The summed E-state index contributed by atoms with van der Waals surface area (Å²) >= 11 is 0. The zero-order valence-corrected chi connectivity index (χ0v) is 11.2. The van der Waals surface area contributed by atoms with Crippen LogP contribution in [0.5, 0.6) is 0 Å². The third-order valence-corrected chi connectivity index (χ3v) is 3.87. The van der Waals surface area contributed by atoms with Crippen molar-refractivity contribution in [3.63, 3.8) is 0 Å². The molecule has 1 aromatic carbocycles. The van der Waals surface area contributed by atoms with Gasteiger partial charge in [-0.15, -0.1) is 0 Å². The van der Waals surface area contributed by atoms with E-state index in [2.05, 4.69) is 44.6 Å². The zero-order valence-electron chi connectivity index (χ0n) is 11.2. The number of nitrogens with one attached hydrogen (secondary N) is 1. The van der Waals surface area contributed by atoms with E-state index >= 15 is 0 Å². The first-order valence-electron chi connectivity index (χ1n) is 6.80. The Morgan fingerprint density at radius 1 is 1.35 bits per heavy atom. The average Bonchev–Trinajstić information content (AvgIpc) is 2.87. The number of rotatable bonds is 3. The van der Waals surface area contributed by atoms with E-state index in [1.165, 1.54) is 17.5 Å². The second-order valence-corrected chi connectivity index (χ2v) is 5.24. The Labute approximate surface area is 116 Å². The van der Waals surface area contributed by atoms with Crippen LogP contribution < -0.4 is 5.32 Å². The standard InChI is InChI=1S/C15H15N5/c1-10-6-14(20-15(19-10)17-9-18-20)16-8-12-7-11-4-2-3-5-13(11)12/h2-6,9,12,16H,7-8H2,1H3. The second-order valence-electron chi connectivity index (χ2n) is 5.24. The van der Waals surface area contributed by atoms with Gasteiger partial charge in [0.2, 0.25) is 0 Å². The summed E-state index contributed by atoms with van der Waals surface area (Å²) in [4.78, 5) is 8.48. The minimum absolute atomic E-state index is 0.582. The smallest absolute Gasteiger partial charge is 0.254 e. The van der Waals surface area contributed by atoms with Crippen LogP contribution in [0, 0.1) is 6.92 Å². The molecule has 1 unspecified atom stereocenters. The molecule has 1 N–H and O–H groups in total. The molecule has 0 spiro atoms. The summed E-state index contributed by atoms with van der Waals surface area (Å²) in [5.74, 6) is 2.18. The van der Waals surface area contributed by atoms with E-state index in [0.29, 0.717) is 11.7 Å². The van der Waals surface area contributed by atoms with Crippen molar-refractivity contribution in [1.29, 1.82) is 0 Å². The van der Waals surface area contributed by atoms with E-state index in [-0.39, 0.29) is 0 Å². The maximum absolute atomic E-state index is 4.34. The number of hydrogen-bond acceptors (Lipinski definition) is 4. The van der Waals surface area contributed by atoms with Crippen LogP contribution in [-0.2, 0) is 6.42 Å². The number of hydrogen-bond donors (Lipinski definition) is 1. The Bertz CT molecular complexity index is 777. The molecule has 4 rings (SSSR count). The number of benzene rings is 1. The topological polar surface area (TPSA) is 55.1 Å². The van der Waals surface area contributed by atoms with E-state index < -0.39 is 0 Å².